The first-order valence-electron chi connectivity index (χ1n) is 5.87. The van der Waals surface area contributed by atoms with E-state index in [1.54, 1.807) is 12.3 Å². The summed E-state index contributed by atoms with van der Waals surface area (Å²) in [6.45, 7) is 3.58. The molecule has 2 rings (SSSR count). The van der Waals surface area contributed by atoms with Gasteiger partial charge in [-0.25, -0.2) is 9.78 Å². The lowest BCUT2D eigenvalue weighted by molar-refractivity contribution is 0.262. The minimum absolute atomic E-state index is 0.366. The van der Waals surface area contributed by atoms with Gasteiger partial charge in [0, 0.05) is 11.1 Å². The van der Waals surface area contributed by atoms with Crippen molar-refractivity contribution in [2.75, 3.05) is 10.6 Å². The van der Waals surface area contributed by atoms with Gasteiger partial charge in [-0.1, -0.05) is 17.3 Å². The summed E-state index contributed by atoms with van der Waals surface area (Å²) >= 11 is 1.26. The van der Waals surface area contributed by atoms with Crippen molar-refractivity contribution >= 4 is 33.9 Å². The number of benzene rings is 1. The largest absolute Gasteiger partial charge is 0.411 e. The minimum atomic E-state index is -0.366. The van der Waals surface area contributed by atoms with Crippen LogP contribution in [0.5, 0.6) is 0 Å². The van der Waals surface area contributed by atoms with Gasteiger partial charge in [-0.05, 0) is 31.5 Å². The summed E-state index contributed by atoms with van der Waals surface area (Å²) in [6, 6.07) is 7.13. The van der Waals surface area contributed by atoms with Crippen LogP contribution >= 0.6 is 11.3 Å². The number of hydrogen-bond donors (Lipinski definition) is 3. The molecule has 7 heteroatoms. The third-order valence-electron chi connectivity index (χ3n) is 2.52. The van der Waals surface area contributed by atoms with E-state index in [0.29, 0.717) is 22.2 Å². The van der Waals surface area contributed by atoms with Crippen molar-refractivity contribution in [3.05, 3.63) is 40.9 Å². The summed E-state index contributed by atoms with van der Waals surface area (Å²) in [5, 5.41) is 19.2. The van der Waals surface area contributed by atoms with Crippen LogP contribution in [0.4, 0.5) is 15.6 Å². The molecule has 0 saturated heterocycles. The van der Waals surface area contributed by atoms with Crippen LogP contribution in [0.15, 0.2) is 34.8 Å². The van der Waals surface area contributed by atoms with Gasteiger partial charge < -0.3 is 10.5 Å². The van der Waals surface area contributed by atoms with Gasteiger partial charge in [-0.15, -0.1) is 11.3 Å². The van der Waals surface area contributed by atoms with Crippen LogP contribution in [-0.4, -0.2) is 21.9 Å². The number of nitrogens with zero attached hydrogens (tertiary/aromatic N) is 2. The van der Waals surface area contributed by atoms with Gasteiger partial charge in [-0.2, -0.15) is 0 Å². The summed E-state index contributed by atoms with van der Waals surface area (Å²) in [4.78, 5) is 15.9. The van der Waals surface area contributed by atoms with Crippen LogP contribution < -0.4 is 10.6 Å². The summed E-state index contributed by atoms with van der Waals surface area (Å²) in [5.41, 5.74) is 2.71. The van der Waals surface area contributed by atoms with Crippen molar-refractivity contribution in [1.29, 1.82) is 0 Å². The van der Waals surface area contributed by atoms with Crippen molar-refractivity contribution < 1.29 is 10.0 Å². The SMILES string of the molecule is CC(=NO)c1csc(NC(=O)Nc2cccc(C)c2)n1. The molecular formula is C13H14N4O2S. The Balaban J connectivity index is 2.00. The van der Waals surface area contributed by atoms with Crippen molar-refractivity contribution in [1.82, 2.24) is 4.98 Å². The highest BCUT2D eigenvalue weighted by Crippen LogP contribution is 2.17. The van der Waals surface area contributed by atoms with E-state index in [-0.39, 0.29) is 6.03 Å². The highest BCUT2D eigenvalue weighted by atomic mass is 32.1. The van der Waals surface area contributed by atoms with E-state index in [1.807, 2.05) is 31.2 Å². The summed E-state index contributed by atoms with van der Waals surface area (Å²) < 4.78 is 0. The van der Waals surface area contributed by atoms with Gasteiger partial charge in [0.15, 0.2) is 5.13 Å². The number of thiazole rings is 1. The van der Waals surface area contributed by atoms with Gasteiger partial charge in [0.05, 0.1) is 0 Å². The second kappa shape index (κ2) is 6.16. The molecule has 0 fully saturated rings. The van der Waals surface area contributed by atoms with Gasteiger partial charge in [0.2, 0.25) is 0 Å². The number of oxime groups is 1. The fourth-order valence-corrected chi connectivity index (χ4v) is 2.28. The number of urea groups is 1. The van der Waals surface area contributed by atoms with E-state index >= 15 is 0 Å². The fraction of sp³-hybridized carbons (Fsp3) is 0.154. The zero-order valence-electron chi connectivity index (χ0n) is 11.0. The summed E-state index contributed by atoms with van der Waals surface area (Å²) in [5.74, 6) is 0. The van der Waals surface area contributed by atoms with Crippen molar-refractivity contribution in [3.63, 3.8) is 0 Å². The Hall–Kier alpha value is -2.41. The Labute approximate surface area is 120 Å². The zero-order chi connectivity index (χ0) is 14.5. The first-order chi connectivity index (χ1) is 9.58. The lowest BCUT2D eigenvalue weighted by Gasteiger charge is -2.05. The third kappa shape index (κ3) is 3.55. The van der Waals surface area contributed by atoms with E-state index in [1.165, 1.54) is 11.3 Å². The Morgan fingerprint density at radius 1 is 1.40 bits per heavy atom. The molecule has 3 N–H and O–H groups in total. The summed E-state index contributed by atoms with van der Waals surface area (Å²) in [6.07, 6.45) is 0. The molecule has 1 heterocycles. The van der Waals surface area contributed by atoms with Crippen LogP contribution in [-0.2, 0) is 0 Å². The number of anilines is 2. The van der Waals surface area contributed by atoms with Crippen molar-refractivity contribution in [3.8, 4) is 0 Å². The minimum Gasteiger partial charge on any atom is -0.411 e. The molecule has 0 atom stereocenters. The molecule has 0 aliphatic carbocycles. The smallest absolute Gasteiger partial charge is 0.325 e. The molecule has 0 saturated carbocycles. The van der Waals surface area contributed by atoms with Gasteiger partial charge >= 0.3 is 6.03 Å². The predicted octanol–water partition coefficient (Wildman–Crippen LogP) is 3.29. The zero-order valence-corrected chi connectivity index (χ0v) is 11.9. The standard InChI is InChI=1S/C13H14N4O2S/c1-8-4-3-5-10(6-8)14-12(18)16-13-15-11(7-20-13)9(2)17-19/h3-7,19H,1-2H3,(H2,14,15,16,18). The Bertz CT molecular complexity index is 651. The first-order valence-corrected chi connectivity index (χ1v) is 6.75. The Morgan fingerprint density at radius 3 is 2.90 bits per heavy atom. The van der Waals surface area contributed by atoms with Crippen LogP contribution in [0.3, 0.4) is 0 Å². The topological polar surface area (TPSA) is 86.6 Å². The fourth-order valence-electron chi connectivity index (χ4n) is 1.53. The lowest BCUT2D eigenvalue weighted by Crippen LogP contribution is -2.19. The van der Waals surface area contributed by atoms with Gasteiger partial charge in [0.1, 0.15) is 11.4 Å². The molecule has 2 aromatic rings. The molecule has 0 spiro atoms. The molecule has 0 radical (unpaired) electrons. The van der Waals surface area contributed by atoms with E-state index in [0.717, 1.165) is 5.56 Å². The molecule has 0 unspecified atom stereocenters. The van der Waals surface area contributed by atoms with E-state index in [9.17, 15) is 4.79 Å². The number of aryl methyl sites for hydroxylation is 1. The van der Waals surface area contributed by atoms with E-state index < -0.39 is 0 Å². The Kier molecular flexibility index (Phi) is 4.31. The number of carbonyl (C=O) groups is 1. The molecule has 0 aliphatic rings. The van der Waals surface area contributed by atoms with E-state index in [2.05, 4.69) is 20.8 Å². The molecule has 104 valence electrons. The molecule has 1 aromatic carbocycles. The molecule has 1 aromatic heterocycles. The number of hydrogen-bond acceptors (Lipinski definition) is 5. The number of rotatable bonds is 3. The molecule has 2 amide bonds. The second-order valence-electron chi connectivity index (χ2n) is 4.17. The van der Waals surface area contributed by atoms with Crippen molar-refractivity contribution in [2.45, 2.75) is 13.8 Å². The highest BCUT2D eigenvalue weighted by Gasteiger charge is 2.08. The number of nitrogens with one attached hydrogen (secondary N) is 2. The van der Waals surface area contributed by atoms with Crippen LogP contribution in [0, 0.1) is 6.92 Å². The van der Waals surface area contributed by atoms with Crippen LogP contribution in [0.2, 0.25) is 0 Å². The third-order valence-corrected chi connectivity index (χ3v) is 3.28. The maximum absolute atomic E-state index is 11.8. The maximum atomic E-state index is 11.8. The molecule has 20 heavy (non-hydrogen) atoms. The monoisotopic (exact) mass is 290 g/mol. The molecule has 0 aliphatic heterocycles. The predicted molar refractivity (Wildman–Crippen MR) is 79.9 cm³/mol. The average Bonchev–Trinajstić information content (AvgIpc) is 2.86. The quantitative estimate of drug-likeness (QED) is 0.460. The first kappa shape index (κ1) is 14.0. The highest BCUT2D eigenvalue weighted by molar-refractivity contribution is 7.14. The van der Waals surface area contributed by atoms with Crippen LogP contribution in [0.25, 0.3) is 0 Å². The van der Waals surface area contributed by atoms with Crippen LogP contribution in [0.1, 0.15) is 18.2 Å². The van der Waals surface area contributed by atoms with E-state index in [4.69, 9.17) is 5.21 Å². The number of carbonyl (C=O) groups excluding carboxylic acids is 1. The maximum Gasteiger partial charge on any atom is 0.325 e. The molecule has 6 nitrogen and oxygen atoms in total. The Morgan fingerprint density at radius 2 is 2.20 bits per heavy atom. The number of amides is 2. The average molecular weight is 290 g/mol. The lowest BCUT2D eigenvalue weighted by atomic mass is 10.2. The van der Waals surface area contributed by atoms with Gasteiger partial charge in [0.25, 0.3) is 0 Å². The summed E-state index contributed by atoms with van der Waals surface area (Å²) in [7, 11) is 0. The molecule has 0 bridgehead atoms. The second-order valence-corrected chi connectivity index (χ2v) is 5.03. The number of aromatic nitrogens is 1. The van der Waals surface area contributed by atoms with Crippen molar-refractivity contribution in [2.24, 2.45) is 5.16 Å². The van der Waals surface area contributed by atoms with Gasteiger partial charge in [-0.3, -0.25) is 5.32 Å². The normalized spacial score (nSPS) is 11.2. The molecular weight excluding hydrogens is 276 g/mol.